The van der Waals surface area contributed by atoms with Crippen LogP contribution in [0.3, 0.4) is 0 Å². The van der Waals surface area contributed by atoms with Crippen LogP contribution >= 0.6 is 0 Å². The zero-order valence-corrected chi connectivity index (χ0v) is 13.9. The van der Waals surface area contributed by atoms with E-state index >= 15 is 0 Å². The molecule has 24 heavy (non-hydrogen) atoms. The topological polar surface area (TPSA) is 52.7 Å². The molecule has 2 fully saturated rings. The molecule has 134 valence electrons. The van der Waals surface area contributed by atoms with Gasteiger partial charge in [0.25, 0.3) is 0 Å². The fourth-order valence-corrected chi connectivity index (χ4v) is 4.71. The second kappa shape index (κ2) is 6.62. The summed E-state index contributed by atoms with van der Waals surface area (Å²) in [5.41, 5.74) is -0.945. The number of nitrogens with zero attached hydrogens (tertiary/aromatic N) is 2. The third kappa shape index (κ3) is 3.58. The van der Waals surface area contributed by atoms with Gasteiger partial charge >= 0.3 is 6.18 Å². The Bertz CT molecular complexity index is 679. The Labute approximate surface area is 139 Å². The van der Waals surface area contributed by atoms with E-state index in [9.17, 15) is 21.6 Å². The molecular weight excluding hydrogens is 343 g/mol. The summed E-state index contributed by atoms with van der Waals surface area (Å²) in [5.74, 6) is 0. The maximum Gasteiger partial charge on any atom is 0.416 e. The number of halogens is 3. The minimum atomic E-state index is -4.56. The van der Waals surface area contributed by atoms with Crippen molar-refractivity contribution in [2.45, 2.75) is 23.5 Å². The van der Waals surface area contributed by atoms with Crippen molar-refractivity contribution >= 4 is 10.0 Å². The van der Waals surface area contributed by atoms with Gasteiger partial charge in [-0.2, -0.15) is 17.5 Å². The molecule has 9 heteroatoms. The molecule has 1 aromatic rings. The lowest BCUT2D eigenvalue weighted by atomic mass is 10.2. The predicted octanol–water partition coefficient (Wildman–Crippen LogP) is 1.37. The fraction of sp³-hybridized carbons (Fsp3) is 0.600. The number of sulfonamides is 1. The van der Waals surface area contributed by atoms with Crippen LogP contribution in [0.5, 0.6) is 0 Å². The molecular formula is C15H20F3N3O2S. The molecule has 3 rings (SSSR count). The molecule has 1 N–H and O–H groups in total. The number of piperazine rings is 1. The van der Waals surface area contributed by atoms with Crippen molar-refractivity contribution in [3.63, 3.8) is 0 Å². The van der Waals surface area contributed by atoms with Crippen molar-refractivity contribution in [3.8, 4) is 0 Å². The van der Waals surface area contributed by atoms with Gasteiger partial charge in [-0.25, -0.2) is 8.42 Å². The highest BCUT2D eigenvalue weighted by Gasteiger charge is 2.35. The average molecular weight is 363 g/mol. The van der Waals surface area contributed by atoms with Crippen LogP contribution in [-0.2, 0) is 16.2 Å². The van der Waals surface area contributed by atoms with Gasteiger partial charge in [0.1, 0.15) is 0 Å². The molecule has 5 nitrogen and oxygen atoms in total. The first-order valence-corrected chi connectivity index (χ1v) is 9.35. The van der Waals surface area contributed by atoms with E-state index in [1.165, 1.54) is 10.4 Å². The smallest absolute Gasteiger partial charge is 0.315 e. The number of hydrogen-bond donors (Lipinski definition) is 1. The van der Waals surface area contributed by atoms with Crippen LogP contribution in [0.15, 0.2) is 29.2 Å². The summed E-state index contributed by atoms with van der Waals surface area (Å²) >= 11 is 0. The Hall–Kier alpha value is -1.16. The standard InChI is InChI=1S/C15H20F3N3O2S/c16-15(17,18)12-2-1-3-14(10-12)24(22,23)21-8-6-20(7-9-21)13-4-5-19-11-13/h1-3,10,13,19H,4-9,11H2. The van der Waals surface area contributed by atoms with Crippen LogP contribution in [0.2, 0.25) is 0 Å². The molecule has 1 aromatic carbocycles. The summed E-state index contributed by atoms with van der Waals surface area (Å²) < 4.78 is 64.9. The average Bonchev–Trinajstić information content (AvgIpc) is 3.09. The highest BCUT2D eigenvalue weighted by Crippen LogP contribution is 2.31. The molecule has 2 heterocycles. The number of nitrogens with one attached hydrogen (secondary N) is 1. The third-order valence-corrected chi connectivity index (χ3v) is 6.52. The summed E-state index contributed by atoms with van der Waals surface area (Å²) in [5, 5.41) is 3.28. The zero-order valence-electron chi connectivity index (χ0n) is 13.1. The number of alkyl halides is 3. The van der Waals surface area contributed by atoms with E-state index < -0.39 is 21.8 Å². The summed E-state index contributed by atoms with van der Waals surface area (Å²) in [6.45, 7) is 3.67. The molecule has 0 spiro atoms. The highest BCUT2D eigenvalue weighted by molar-refractivity contribution is 7.89. The quantitative estimate of drug-likeness (QED) is 0.882. The zero-order chi connectivity index (χ0) is 17.4. The van der Waals surface area contributed by atoms with Gasteiger partial charge in [0.2, 0.25) is 10.0 Å². The van der Waals surface area contributed by atoms with Gasteiger partial charge in [0.05, 0.1) is 10.5 Å². The van der Waals surface area contributed by atoms with Crippen LogP contribution in [0.25, 0.3) is 0 Å². The first-order chi connectivity index (χ1) is 11.3. The summed E-state index contributed by atoms with van der Waals surface area (Å²) in [6.07, 6.45) is -3.51. The second-order valence-electron chi connectivity index (χ2n) is 6.11. The van der Waals surface area contributed by atoms with Gasteiger partial charge in [-0.1, -0.05) is 6.07 Å². The largest absolute Gasteiger partial charge is 0.416 e. The Morgan fingerprint density at radius 2 is 1.83 bits per heavy atom. The minimum absolute atomic E-state index is 0.298. The predicted molar refractivity (Wildman–Crippen MR) is 83.1 cm³/mol. The second-order valence-corrected chi connectivity index (χ2v) is 8.05. The van der Waals surface area contributed by atoms with Crippen molar-refractivity contribution in [1.82, 2.24) is 14.5 Å². The van der Waals surface area contributed by atoms with Gasteiger partial charge in [0.15, 0.2) is 0 Å². The molecule has 1 atom stereocenters. The van der Waals surface area contributed by atoms with E-state index in [4.69, 9.17) is 0 Å². The van der Waals surface area contributed by atoms with E-state index in [0.717, 1.165) is 31.6 Å². The Balaban J connectivity index is 1.72. The number of rotatable bonds is 3. The molecule has 0 radical (unpaired) electrons. The molecule has 2 aliphatic rings. The maximum atomic E-state index is 12.8. The lowest BCUT2D eigenvalue weighted by Gasteiger charge is -2.37. The van der Waals surface area contributed by atoms with Crippen LogP contribution in [-0.4, -0.2) is 62.9 Å². The maximum absolute atomic E-state index is 12.8. The van der Waals surface area contributed by atoms with Crippen molar-refractivity contribution in [2.75, 3.05) is 39.3 Å². The summed E-state index contributed by atoms with van der Waals surface area (Å²) in [7, 11) is -3.90. The fourth-order valence-electron chi connectivity index (χ4n) is 3.24. The summed E-state index contributed by atoms with van der Waals surface area (Å²) in [6, 6.07) is 4.36. The summed E-state index contributed by atoms with van der Waals surface area (Å²) in [4.78, 5) is 1.95. The Morgan fingerprint density at radius 3 is 2.42 bits per heavy atom. The highest BCUT2D eigenvalue weighted by atomic mass is 32.2. The first-order valence-electron chi connectivity index (χ1n) is 7.91. The van der Waals surface area contributed by atoms with Gasteiger partial charge in [-0.05, 0) is 31.2 Å². The normalized spacial score (nSPS) is 24.4. The number of benzene rings is 1. The molecule has 0 aliphatic carbocycles. The Morgan fingerprint density at radius 1 is 1.12 bits per heavy atom. The molecule has 0 amide bonds. The molecule has 2 aliphatic heterocycles. The SMILES string of the molecule is O=S(=O)(c1cccc(C(F)(F)F)c1)N1CCN(C2CCNC2)CC1. The van der Waals surface area contributed by atoms with E-state index in [1.54, 1.807) is 0 Å². The Kier molecular flexibility index (Phi) is 4.87. The third-order valence-electron chi connectivity index (χ3n) is 4.62. The van der Waals surface area contributed by atoms with Gasteiger partial charge in [-0.3, -0.25) is 4.90 Å². The monoisotopic (exact) mass is 363 g/mol. The molecule has 0 saturated carbocycles. The first kappa shape index (κ1) is 17.7. The molecule has 2 saturated heterocycles. The molecule has 0 aromatic heterocycles. The minimum Gasteiger partial charge on any atom is -0.315 e. The van der Waals surface area contributed by atoms with Gasteiger partial charge in [-0.15, -0.1) is 0 Å². The number of hydrogen-bond acceptors (Lipinski definition) is 4. The van der Waals surface area contributed by atoms with Crippen molar-refractivity contribution in [2.24, 2.45) is 0 Å². The van der Waals surface area contributed by atoms with Crippen LogP contribution in [0.4, 0.5) is 13.2 Å². The van der Waals surface area contributed by atoms with Crippen LogP contribution in [0, 0.1) is 0 Å². The lowest BCUT2D eigenvalue weighted by molar-refractivity contribution is -0.137. The van der Waals surface area contributed by atoms with Crippen LogP contribution in [0.1, 0.15) is 12.0 Å². The molecule has 0 bridgehead atoms. The van der Waals surface area contributed by atoms with E-state index in [1.807, 2.05) is 0 Å². The molecule has 1 unspecified atom stereocenters. The van der Waals surface area contributed by atoms with Crippen molar-refractivity contribution < 1.29 is 21.6 Å². The van der Waals surface area contributed by atoms with E-state index in [0.29, 0.717) is 38.3 Å². The van der Waals surface area contributed by atoms with Gasteiger partial charge < -0.3 is 5.32 Å². The lowest BCUT2D eigenvalue weighted by Crippen LogP contribution is -2.52. The van der Waals surface area contributed by atoms with Crippen molar-refractivity contribution in [1.29, 1.82) is 0 Å². The van der Waals surface area contributed by atoms with Crippen molar-refractivity contribution in [3.05, 3.63) is 29.8 Å². The van der Waals surface area contributed by atoms with E-state index in [2.05, 4.69) is 10.2 Å². The van der Waals surface area contributed by atoms with E-state index in [-0.39, 0.29) is 4.90 Å². The van der Waals surface area contributed by atoms with Gasteiger partial charge in [0, 0.05) is 38.8 Å². The van der Waals surface area contributed by atoms with Crippen LogP contribution < -0.4 is 5.32 Å².